The monoisotopic (exact) mass is 256 g/mol. The predicted octanol–water partition coefficient (Wildman–Crippen LogP) is 2.86. The number of fused-ring (bicyclic) bond motifs is 1. The second kappa shape index (κ2) is 4.23. The summed E-state index contributed by atoms with van der Waals surface area (Å²) in [6.07, 6.45) is 0. The fraction of sp³-hybridized carbons (Fsp3) is 0.100. The van der Waals surface area contributed by atoms with Crippen LogP contribution in [0.4, 0.5) is 0 Å². The fourth-order valence-electron chi connectivity index (χ4n) is 1.27. The van der Waals surface area contributed by atoms with Crippen LogP contribution in [0.15, 0.2) is 18.2 Å². The molecule has 0 aliphatic rings. The van der Waals surface area contributed by atoms with Crippen molar-refractivity contribution in [2.75, 3.05) is 0 Å². The summed E-state index contributed by atoms with van der Waals surface area (Å²) in [5, 5.41) is 0.895. The number of rotatable bonds is 1. The van der Waals surface area contributed by atoms with E-state index in [1.54, 1.807) is 18.2 Å². The van der Waals surface area contributed by atoms with Crippen molar-refractivity contribution < 1.29 is 9.53 Å². The topological polar surface area (TPSA) is 52.1 Å². The van der Waals surface area contributed by atoms with Crippen LogP contribution in [0.2, 0.25) is 10.4 Å². The molecule has 0 N–H and O–H groups in total. The van der Waals surface area contributed by atoms with E-state index in [-0.39, 0.29) is 10.4 Å². The van der Waals surface area contributed by atoms with Crippen LogP contribution >= 0.6 is 23.2 Å². The van der Waals surface area contributed by atoms with Gasteiger partial charge in [0.25, 0.3) is 0 Å². The van der Waals surface area contributed by atoms with E-state index in [4.69, 9.17) is 27.9 Å². The van der Waals surface area contributed by atoms with E-state index >= 15 is 0 Å². The maximum absolute atomic E-state index is 10.8. The minimum atomic E-state index is -0.398. The van der Waals surface area contributed by atoms with Crippen molar-refractivity contribution in [3.63, 3.8) is 0 Å². The molecule has 0 bridgehead atoms. The lowest BCUT2D eigenvalue weighted by Crippen LogP contribution is -2.01. The molecule has 1 heterocycles. The van der Waals surface area contributed by atoms with Crippen LogP contribution in [0.5, 0.6) is 5.75 Å². The molecule has 4 nitrogen and oxygen atoms in total. The first-order valence-electron chi connectivity index (χ1n) is 4.37. The lowest BCUT2D eigenvalue weighted by atomic mass is 10.2. The van der Waals surface area contributed by atoms with Gasteiger partial charge < -0.3 is 4.74 Å². The molecule has 1 aromatic heterocycles. The third-order valence-electron chi connectivity index (χ3n) is 1.85. The Kier molecular flexibility index (Phi) is 2.94. The molecule has 82 valence electrons. The smallest absolute Gasteiger partial charge is 0.308 e. The normalized spacial score (nSPS) is 10.4. The maximum Gasteiger partial charge on any atom is 0.308 e. The van der Waals surface area contributed by atoms with Gasteiger partial charge in [-0.15, -0.1) is 0 Å². The van der Waals surface area contributed by atoms with Gasteiger partial charge >= 0.3 is 5.97 Å². The number of halogens is 2. The maximum atomic E-state index is 10.8. The molecule has 0 saturated carbocycles. The van der Waals surface area contributed by atoms with Gasteiger partial charge in [0.05, 0.1) is 5.52 Å². The van der Waals surface area contributed by atoms with Gasteiger partial charge in [-0.25, -0.2) is 9.97 Å². The number of nitrogens with zero attached hydrogens (tertiary/aromatic N) is 2. The first kappa shape index (κ1) is 11.1. The minimum absolute atomic E-state index is 0.0812. The summed E-state index contributed by atoms with van der Waals surface area (Å²) in [6, 6.07) is 4.87. The van der Waals surface area contributed by atoms with E-state index in [0.717, 1.165) is 0 Å². The molecular formula is C10H6Cl2N2O2. The second-order valence-electron chi connectivity index (χ2n) is 3.06. The summed E-state index contributed by atoms with van der Waals surface area (Å²) in [6.45, 7) is 1.32. The Morgan fingerprint density at radius 2 is 2.06 bits per heavy atom. The summed E-state index contributed by atoms with van der Waals surface area (Å²) in [7, 11) is 0. The van der Waals surface area contributed by atoms with Gasteiger partial charge in [-0.2, -0.15) is 0 Å². The third-order valence-corrected chi connectivity index (χ3v) is 2.31. The van der Waals surface area contributed by atoms with Crippen molar-refractivity contribution in [3.05, 3.63) is 28.6 Å². The first-order chi connectivity index (χ1) is 7.56. The molecule has 1 aromatic carbocycles. The Hall–Kier alpha value is -1.39. The van der Waals surface area contributed by atoms with Gasteiger partial charge in [0, 0.05) is 12.3 Å². The highest BCUT2D eigenvalue weighted by Gasteiger charge is 2.07. The molecule has 0 unspecified atom stereocenters. The Labute approximate surface area is 101 Å². The molecule has 0 saturated heterocycles. The van der Waals surface area contributed by atoms with Crippen molar-refractivity contribution in [2.45, 2.75) is 6.92 Å². The Bertz CT molecular complexity index is 572. The van der Waals surface area contributed by atoms with Crippen LogP contribution in [0.25, 0.3) is 10.9 Å². The number of benzene rings is 1. The summed E-state index contributed by atoms with van der Waals surface area (Å²) in [4.78, 5) is 18.6. The Morgan fingerprint density at radius 1 is 1.31 bits per heavy atom. The van der Waals surface area contributed by atoms with Crippen molar-refractivity contribution in [1.29, 1.82) is 0 Å². The third kappa shape index (κ3) is 2.23. The number of carbonyl (C=O) groups is 1. The molecule has 0 atom stereocenters. The molecule has 0 aliphatic heterocycles. The van der Waals surface area contributed by atoms with Crippen LogP contribution in [0, 0.1) is 0 Å². The lowest BCUT2D eigenvalue weighted by Gasteiger charge is -2.04. The van der Waals surface area contributed by atoms with Gasteiger partial charge in [-0.05, 0) is 29.8 Å². The standard InChI is InChI=1S/C10H6Cl2N2O2/c1-5(15)16-6-2-3-8-7(4-6)9(11)14-10(12)13-8/h2-4H,1H3. The molecule has 0 amide bonds. The minimum Gasteiger partial charge on any atom is -0.427 e. The number of aromatic nitrogens is 2. The first-order valence-corrected chi connectivity index (χ1v) is 5.13. The number of hydrogen-bond donors (Lipinski definition) is 0. The number of ether oxygens (including phenoxy) is 1. The van der Waals surface area contributed by atoms with Gasteiger partial charge in [0.15, 0.2) is 0 Å². The predicted molar refractivity (Wildman–Crippen MR) is 60.9 cm³/mol. The molecule has 0 fully saturated rings. The van der Waals surface area contributed by atoms with Crippen LogP contribution < -0.4 is 4.74 Å². The number of hydrogen-bond acceptors (Lipinski definition) is 4. The van der Waals surface area contributed by atoms with E-state index in [1.807, 2.05) is 0 Å². The van der Waals surface area contributed by atoms with Crippen molar-refractivity contribution in [1.82, 2.24) is 9.97 Å². The van der Waals surface area contributed by atoms with Crippen LogP contribution in [-0.2, 0) is 4.79 Å². The van der Waals surface area contributed by atoms with Crippen LogP contribution in [0.3, 0.4) is 0 Å². The number of carbonyl (C=O) groups excluding carboxylic acids is 1. The summed E-state index contributed by atoms with van der Waals surface area (Å²) >= 11 is 11.6. The van der Waals surface area contributed by atoms with Gasteiger partial charge in [-0.1, -0.05) is 11.6 Å². The quantitative estimate of drug-likeness (QED) is 0.341. The molecular weight excluding hydrogens is 251 g/mol. The molecule has 16 heavy (non-hydrogen) atoms. The molecule has 0 spiro atoms. The Morgan fingerprint density at radius 3 is 2.75 bits per heavy atom. The van der Waals surface area contributed by atoms with Crippen molar-refractivity contribution in [3.8, 4) is 5.75 Å². The molecule has 2 aromatic rings. The molecule has 2 rings (SSSR count). The van der Waals surface area contributed by atoms with E-state index in [1.165, 1.54) is 6.92 Å². The highest BCUT2D eigenvalue weighted by atomic mass is 35.5. The summed E-state index contributed by atoms with van der Waals surface area (Å²) in [5.74, 6) is -0.00169. The highest BCUT2D eigenvalue weighted by molar-refractivity contribution is 6.35. The summed E-state index contributed by atoms with van der Waals surface area (Å²) in [5.41, 5.74) is 0.598. The summed E-state index contributed by atoms with van der Waals surface area (Å²) < 4.78 is 4.92. The number of esters is 1. The molecule has 0 radical (unpaired) electrons. The highest BCUT2D eigenvalue weighted by Crippen LogP contribution is 2.26. The zero-order valence-electron chi connectivity index (χ0n) is 8.20. The Balaban J connectivity index is 2.57. The van der Waals surface area contributed by atoms with Crippen molar-refractivity contribution in [2.24, 2.45) is 0 Å². The molecule has 0 aliphatic carbocycles. The average molecular weight is 257 g/mol. The van der Waals surface area contributed by atoms with Gasteiger partial charge in [0.1, 0.15) is 10.9 Å². The SMILES string of the molecule is CC(=O)Oc1ccc2nc(Cl)nc(Cl)c2c1. The average Bonchev–Trinajstić information content (AvgIpc) is 2.18. The fourth-order valence-corrected chi connectivity index (χ4v) is 1.72. The van der Waals surface area contributed by atoms with Crippen LogP contribution in [0.1, 0.15) is 6.92 Å². The van der Waals surface area contributed by atoms with Crippen molar-refractivity contribution >= 4 is 40.1 Å². The zero-order valence-corrected chi connectivity index (χ0v) is 9.71. The van der Waals surface area contributed by atoms with Gasteiger partial charge in [-0.3, -0.25) is 4.79 Å². The van der Waals surface area contributed by atoms with E-state index in [0.29, 0.717) is 16.7 Å². The van der Waals surface area contributed by atoms with Crippen LogP contribution in [-0.4, -0.2) is 15.9 Å². The lowest BCUT2D eigenvalue weighted by molar-refractivity contribution is -0.131. The van der Waals surface area contributed by atoms with E-state index < -0.39 is 5.97 Å². The zero-order chi connectivity index (χ0) is 11.7. The largest absolute Gasteiger partial charge is 0.427 e. The van der Waals surface area contributed by atoms with Gasteiger partial charge in [0.2, 0.25) is 5.28 Å². The van der Waals surface area contributed by atoms with E-state index in [9.17, 15) is 4.79 Å². The van der Waals surface area contributed by atoms with E-state index in [2.05, 4.69) is 9.97 Å². The second-order valence-corrected chi connectivity index (χ2v) is 3.75. The molecule has 6 heteroatoms.